The van der Waals surface area contributed by atoms with Crippen LogP contribution >= 0.6 is 15.9 Å². The minimum atomic E-state index is -0.246. The SMILES string of the molecule is NNC(=O)CCCn1cnc2ccc(Br)cc2c1=O. The van der Waals surface area contributed by atoms with Crippen LogP contribution in [0.15, 0.2) is 33.8 Å². The highest BCUT2D eigenvalue weighted by Gasteiger charge is 2.05. The first-order chi connectivity index (χ1) is 9.11. The van der Waals surface area contributed by atoms with Crippen molar-refractivity contribution in [2.24, 2.45) is 5.84 Å². The maximum absolute atomic E-state index is 12.2. The summed E-state index contributed by atoms with van der Waals surface area (Å²) in [6.07, 6.45) is 2.31. The number of hydrazine groups is 1. The van der Waals surface area contributed by atoms with E-state index in [1.165, 1.54) is 10.9 Å². The number of hydrogen-bond acceptors (Lipinski definition) is 4. The van der Waals surface area contributed by atoms with Crippen LogP contribution in [0.5, 0.6) is 0 Å². The number of nitrogens with two attached hydrogens (primary N) is 1. The number of hydrogen-bond donors (Lipinski definition) is 2. The Balaban J connectivity index is 2.22. The number of nitrogens with zero attached hydrogens (tertiary/aromatic N) is 2. The van der Waals surface area contributed by atoms with E-state index in [0.717, 1.165) is 4.47 Å². The molecule has 0 saturated carbocycles. The van der Waals surface area contributed by atoms with Gasteiger partial charge in [-0.3, -0.25) is 19.6 Å². The molecule has 1 aromatic carbocycles. The highest BCUT2D eigenvalue weighted by atomic mass is 79.9. The minimum absolute atomic E-state index is 0.112. The van der Waals surface area contributed by atoms with Gasteiger partial charge in [0, 0.05) is 17.4 Å². The largest absolute Gasteiger partial charge is 0.299 e. The van der Waals surface area contributed by atoms with Gasteiger partial charge in [-0.2, -0.15) is 0 Å². The van der Waals surface area contributed by atoms with Gasteiger partial charge in [-0.25, -0.2) is 10.8 Å². The molecule has 0 bridgehead atoms. The summed E-state index contributed by atoms with van der Waals surface area (Å²) in [5.41, 5.74) is 2.60. The predicted octanol–water partition coefficient (Wildman–Crippen LogP) is 0.929. The van der Waals surface area contributed by atoms with Crippen LogP contribution in [0.1, 0.15) is 12.8 Å². The predicted molar refractivity (Wildman–Crippen MR) is 75.3 cm³/mol. The van der Waals surface area contributed by atoms with Crippen LogP contribution in [0.2, 0.25) is 0 Å². The summed E-state index contributed by atoms with van der Waals surface area (Å²) >= 11 is 3.33. The van der Waals surface area contributed by atoms with Gasteiger partial charge in [0.15, 0.2) is 0 Å². The Hall–Kier alpha value is -1.73. The van der Waals surface area contributed by atoms with Crippen LogP contribution in [0.3, 0.4) is 0 Å². The lowest BCUT2D eigenvalue weighted by Gasteiger charge is -2.06. The summed E-state index contributed by atoms with van der Waals surface area (Å²) < 4.78 is 2.33. The molecule has 1 aromatic heterocycles. The van der Waals surface area contributed by atoms with Gasteiger partial charge in [-0.1, -0.05) is 15.9 Å². The highest BCUT2D eigenvalue weighted by Crippen LogP contribution is 2.14. The normalized spacial score (nSPS) is 10.6. The van der Waals surface area contributed by atoms with Crippen molar-refractivity contribution in [2.45, 2.75) is 19.4 Å². The zero-order chi connectivity index (χ0) is 13.8. The fourth-order valence-electron chi connectivity index (χ4n) is 1.77. The number of aryl methyl sites for hydroxylation is 1. The molecule has 0 aliphatic carbocycles. The maximum atomic E-state index is 12.2. The van der Waals surface area contributed by atoms with E-state index in [9.17, 15) is 9.59 Å². The summed E-state index contributed by atoms with van der Waals surface area (Å²) in [5, 5.41) is 0.556. The number of benzene rings is 1. The molecule has 2 aromatic rings. The van der Waals surface area contributed by atoms with Crippen molar-refractivity contribution in [3.8, 4) is 0 Å². The molecule has 0 atom stereocenters. The number of halogens is 1. The van der Waals surface area contributed by atoms with Crippen molar-refractivity contribution in [3.05, 3.63) is 39.4 Å². The average molecular weight is 325 g/mol. The van der Waals surface area contributed by atoms with Crippen molar-refractivity contribution in [2.75, 3.05) is 0 Å². The van der Waals surface area contributed by atoms with Crippen LogP contribution in [-0.2, 0) is 11.3 Å². The van der Waals surface area contributed by atoms with Crippen molar-refractivity contribution in [3.63, 3.8) is 0 Å². The molecule has 0 fully saturated rings. The van der Waals surface area contributed by atoms with Gasteiger partial charge in [0.25, 0.3) is 5.56 Å². The average Bonchev–Trinajstić information content (AvgIpc) is 2.41. The lowest BCUT2D eigenvalue weighted by molar-refractivity contribution is -0.121. The lowest BCUT2D eigenvalue weighted by Crippen LogP contribution is -2.30. The molecule has 2 rings (SSSR count). The van der Waals surface area contributed by atoms with E-state index in [-0.39, 0.29) is 17.9 Å². The van der Waals surface area contributed by atoms with Crippen LogP contribution in [-0.4, -0.2) is 15.5 Å². The Bertz CT molecular complexity index is 668. The quantitative estimate of drug-likeness (QED) is 0.497. The van der Waals surface area contributed by atoms with E-state index in [1.807, 2.05) is 6.07 Å². The van der Waals surface area contributed by atoms with E-state index in [0.29, 0.717) is 23.9 Å². The number of rotatable bonds is 4. The fourth-order valence-corrected chi connectivity index (χ4v) is 2.13. The smallest absolute Gasteiger partial charge is 0.261 e. The third-order valence-corrected chi connectivity index (χ3v) is 3.24. The minimum Gasteiger partial charge on any atom is -0.299 e. The molecule has 0 saturated heterocycles. The van der Waals surface area contributed by atoms with E-state index >= 15 is 0 Å². The maximum Gasteiger partial charge on any atom is 0.261 e. The number of fused-ring (bicyclic) bond motifs is 1. The van der Waals surface area contributed by atoms with Gasteiger partial charge in [0.05, 0.1) is 17.2 Å². The number of carbonyl (C=O) groups excluding carboxylic acids is 1. The number of amides is 1. The molecule has 1 heterocycles. The third kappa shape index (κ3) is 3.18. The van der Waals surface area contributed by atoms with E-state index in [4.69, 9.17) is 5.84 Å². The second kappa shape index (κ2) is 5.94. The monoisotopic (exact) mass is 324 g/mol. The molecule has 0 aliphatic rings. The lowest BCUT2D eigenvalue weighted by atomic mass is 10.2. The van der Waals surface area contributed by atoms with E-state index < -0.39 is 0 Å². The molecule has 19 heavy (non-hydrogen) atoms. The number of aromatic nitrogens is 2. The van der Waals surface area contributed by atoms with Crippen molar-refractivity contribution in [1.29, 1.82) is 0 Å². The Morgan fingerprint density at radius 1 is 1.47 bits per heavy atom. The van der Waals surface area contributed by atoms with Gasteiger partial charge < -0.3 is 0 Å². The Kier molecular flexibility index (Phi) is 4.28. The summed E-state index contributed by atoms with van der Waals surface area (Å²) in [4.78, 5) is 27.4. The van der Waals surface area contributed by atoms with Crippen molar-refractivity contribution in [1.82, 2.24) is 15.0 Å². The molecule has 3 N–H and O–H groups in total. The first kappa shape index (κ1) is 13.7. The molecular weight excluding hydrogens is 312 g/mol. The van der Waals surface area contributed by atoms with Gasteiger partial charge in [-0.15, -0.1) is 0 Å². The van der Waals surface area contributed by atoms with Gasteiger partial charge in [0.2, 0.25) is 5.91 Å². The van der Waals surface area contributed by atoms with E-state index in [2.05, 4.69) is 26.3 Å². The molecule has 0 aliphatic heterocycles. The second-order valence-corrected chi connectivity index (χ2v) is 4.99. The van der Waals surface area contributed by atoms with E-state index in [1.54, 1.807) is 12.1 Å². The molecule has 1 amide bonds. The molecule has 100 valence electrons. The topological polar surface area (TPSA) is 90.0 Å². The van der Waals surface area contributed by atoms with Crippen molar-refractivity contribution < 1.29 is 4.79 Å². The first-order valence-electron chi connectivity index (χ1n) is 5.76. The summed E-state index contributed by atoms with van der Waals surface area (Å²) in [6, 6.07) is 5.37. The first-order valence-corrected chi connectivity index (χ1v) is 6.55. The van der Waals surface area contributed by atoms with Crippen LogP contribution in [0.25, 0.3) is 10.9 Å². The molecule has 0 unspecified atom stereocenters. The highest BCUT2D eigenvalue weighted by molar-refractivity contribution is 9.10. The van der Waals surface area contributed by atoms with Crippen molar-refractivity contribution >= 4 is 32.7 Å². The van der Waals surface area contributed by atoms with Crippen LogP contribution in [0.4, 0.5) is 0 Å². The number of carbonyl (C=O) groups is 1. The molecular formula is C12H13BrN4O2. The molecule has 7 heteroatoms. The third-order valence-electron chi connectivity index (χ3n) is 2.75. The second-order valence-electron chi connectivity index (χ2n) is 4.08. The summed E-state index contributed by atoms with van der Waals surface area (Å²) in [6.45, 7) is 0.432. The molecule has 0 radical (unpaired) electrons. The fraction of sp³-hybridized carbons (Fsp3) is 0.250. The number of nitrogens with one attached hydrogen (secondary N) is 1. The van der Waals surface area contributed by atoms with Crippen LogP contribution in [0, 0.1) is 0 Å². The standard InChI is InChI=1S/C12H13BrN4O2/c13-8-3-4-10-9(6-8)12(19)17(7-15-10)5-1-2-11(18)16-14/h3-4,6-7H,1-2,5,14H2,(H,16,18). The van der Waals surface area contributed by atoms with Gasteiger partial charge in [-0.05, 0) is 24.6 Å². The Morgan fingerprint density at radius 2 is 2.26 bits per heavy atom. The van der Waals surface area contributed by atoms with Gasteiger partial charge in [0.1, 0.15) is 0 Å². The zero-order valence-corrected chi connectivity index (χ0v) is 11.7. The Labute approximate surface area is 117 Å². The summed E-state index contributed by atoms with van der Waals surface area (Å²) in [5.74, 6) is 4.74. The Morgan fingerprint density at radius 3 is 3.00 bits per heavy atom. The van der Waals surface area contributed by atoms with Gasteiger partial charge >= 0.3 is 0 Å². The van der Waals surface area contributed by atoms with Crippen LogP contribution < -0.4 is 16.8 Å². The zero-order valence-electron chi connectivity index (χ0n) is 10.1. The summed E-state index contributed by atoms with van der Waals surface area (Å²) in [7, 11) is 0. The molecule has 6 nitrogen and oxygen atoms in total. The molecule has 0 spiro atoms.